The Kier molecular flexibility index (Phi) is 5.91. The van der Waals surface area contributed by atoms with Gasteiger partial charge in [0.1, 0.15) is 12.7 Å². The third kappa shape index (κ3) is 4.59. The van der Waals surface area contributed by atoms with E-state index in [0.717, 1.165) is 16.0 Å². The highest BCUT2D eigenvalue weighted by Gasteiger charge is 2.49. The van der Waals surface area contributed by atoms with E-state index >= 15 is 0 Å². The monoisotopic (exact) mass is 402 g/mol. The molecule has 2 aromatic rings. The fraction of sp³-hybridized carbons (Fsp3) is 0.286. The van der Waals surface area contributed by atoms with E-state index in [-0.39, 0.29) is 0 Å². The highest BCUT2D eigenvalue weighted by Crippen LogP contribution is 2.31. The van der Waals surface area contributed by atoms with Crippen molar-refractivity contribution < 1.29 is 28.3 Å². The molecule has 2 aromatic carbocycles. The van der Waals surface area contributed by atoms with Crippen LogP contribution in [0, 0.1) is 0 Å². The number of nitrogens with zero attached hydrogens (tertiary/aromatic N) is 1. The lowest BCUT2D eigenvalue weighted by Gasteiger charge is -2.21. The predicted octanol–water partition coefficient (Wildman–Crippen LogP) is 2.45. The summed E-state index contributed by atoms with van der Waals surface area (Å²) >= 11 is 0. The molecule has 0 unspecified atom stereocenters. The Balaban J connectivity index is 1.61. The number of likely N-dealkylation sites (tertiary alicyclic amines) is 1. The maximum absolute atomic E-state index is 14.2. The number of carboxylic acid groups (broad SMARTS) is 1. The Morgan fingerprint density at radius 1 is 1.07 bits per heavy atom. The summed E-state index contributed by atoms with van der Waals surface area (Å²) in [6, 6.07) is 14.9. The molecule has 0 aliphatic carbocycles. The van der Waals surface area contributed by atoms with Crippen LogP contribution in [-0.4, -0.2) is 59.3 Å². The SMILES string of the molecule is O=C(NCC(=O)N1C[C@@](F)(CF)C[C@H]1C(=O)O)c1ccc(-c2ccccc2)cc1. The van der Waals surface area contributed by atoms with Gasteiger partial charge in [0, 0.05) is 12.0 Å². The molecule has 0 spiro atoms. The van der Waals surface area contributed by atoms with Crippen LogP contribution >= 0.6 is 0 Å². The van der Waals surface area contributed by atoms with Gasteiger partial charge in [-0.15, -0.1) is 0 Å². The molecule has 0 saturated carbocycles. The molecule has 1 saturated heterocycles. The lowest BCUT2D eigenvalue weighted by Crippen LogP contribution is -2.46. The summed E-state index contributed by atoms with van der Waals surface area (Å²) in [5.41, 5.74) is -0.149. The lowest BCUT2D eigenvalue weighted by atomic mass is 10.0. The van der Waals surface area contributed by atoms with Crippen molar-refractivity contribution in [3.05, 3.63) is 60.2 Å². The van der Waals surface area contributed by atoms with Crippen LogP contribution in [0.3, 0.4) is 0 Å². The van der Waals surface area contributed by atoms with Crippen LogP contribution in [0.1, 0.15) is 16.8 Å². The molecule has 1 fully saturated rings. The van der Waals surface area contributed by atoms with E-state index < -0.39 is 55.7 Å². The van der Waals surface area contributed by atoms with E-state index in [9.17, 15) is 23.2 Å². The minimum Gasteiger partial charge on any atom is -0.480 e. The van der Waals surface area contributed by atoms with Gasteiger partial charge in [-0.1, -0.05) is 42.5 Å². The van der Waals surface area contributed by atoms with Gasteiger partial charge in [0.05, 0.1) is 13.1 Å². The zero-order valence-corrected chi connectivity index (χ0v) is 15.5. The van der Waals surface area contributed by atoms with E-state index in [4.69, 9.17) is 5.11 Å². The maximum Gasteiger partial charge on any atom is 0.326 e. The number of benzene rings is 2. The molecule has 0 bridgehead atoms. The summed E-state index contributed by atoms with van der Waals surface area (Å²) in [6.45, 7) is -2.53. The van der Waals surface area contributed by atoms with Gasteiger partial charge in [0.15, 0.2) is 5.67 Å². The van der Waals surface area contributed by atoms with Gasteiger partial charge in [-0.3, -0.25) is 9.59 Å². The van der Waals surface area contributed by atoms with Crippen molar-refractivity contribution in [3.63, 3.8) is 0 Å². The number of rotatable bonds is 6. The second-order valence-corrected chi connectivity index (χ2v) is 6.99. The predicted molar refractivity (Wildman–Crippen MR) is 102 cm³/mol. The van der Waals surface area contributed by atoms with Crippen molar-refractivity contribution in [2.24, 2.45) is 0 Å². The molecule has 0 aromatic heterocycles. The van der Waals surface area contributed by atoms with Crippen molar-refractivity contribution in [1.29, 1.82) is 0 Å². The summed E-state index contributed by atoms with van der Waals surface area (Å²) in [7, 11) is 0. The summed E-state index contributed by atoms with van der Waals surface area (Å²) in [4.78, 5) is 36.6. The largest absolute Gasteiger partial charge is 0.480 e. The molecular formula is C21H20F2N2O4. The molecule has 6 nitrogen and oxygen atoms in total. The number of hydrogen-bond donors (Lipinski definition) is 2. The number of carbonyl (C=O) groups excluding carboxylic acids is 2. The van der Waals surface area contributed by atoms with Crippen LogP contribution in [0.15, 0.2) is 54.6 Å². The number of aliphatic carboxylic acids is 1. The molecule has 3 rings (SSSR count). The average molecular weight is 402 g/mol. The molecule has 2 amide bonds. The first-order chi connectivity index (χ1) is 13.8. The van der Waals surface area contributed by atoms with Crippen LogP contribution < -0.4 is 5.32 Å². The van der Waals surface area contributed by atoms with Gasteiger partial charge in [-0.05, 0) is 23.3 Å². The molecule has 2 atom stereocenters. The number of carboxylic acids is 1. The fourth-order valence-corrected chi connectivity index (χ4v) is 3.32. The molecule has 1 aliphatic heterocycles. The third-order valence-electron chi connectivity index (χ3n) is 4.89. The van der Waals surface area contributed by atoms with Gasteiger partial charge in [0.2, 0.25) is 5.91 Å². The number of halogens is 2. The van der Waals surface area contributed by atoms with Gasteiger partial charge < -0.3 is 15.3 Å². The second kappa shape index (κ2) is 8.38. The van der Waals surface area contributed by atoms with Gasteiger partial charge in [0.25, 0.3) is 5.91 Å². The number of hydrogen-bond acceptors (Lipinski definition) is 3. The normalized spacial score (nSPS) is 21.0. The number of carbonyl (C=O) groups is 3. The summed E-state index contributed by atoms with van der Waals surface area (Å²) in [6.07, 6.45) is -0.612. The molecule has 8 heteroatoms. The first-order valence-corrected chi connectivity index (χ1v) is 9.04. The molecule has 152 valence electrons. The van der Waals surface area contributed by atoms with E-state index in [0.29, 0.717) is 5.56 Å². The molecule has 2 N–H and O–H groups in total. The van der Waals surface area contributed by atoms with Crippen LogP contribution in [-0.2, 0) is 9.59 Å². The van der Waals surface area contributed by atoms with Crippen molar-refractivity contribution in [2.45, 2.75) is 18.1 Å². The first kappa shape index (κ1) is 20.4. The smallest absolute Gasteiger partial charge is 0.326 e. The number of alkyl halides is 2. The maximum atomic E-state index is 14.2. The topological polar surface area (TPSA) is 86.7 Å². The highest BCUT2D eigenvalue weighted by atomic mass is 19.2. The fourth-order valence-electron chi connectivity index (χ4n) is 3.32. The van der Waals surface area contributed by atoms with Gasteiger partial charge in [-0.2, -0.15) is 0 Å². The van der Waals surface area contributed by atoms with Crippen molar-refractivity contribution >= 4 is 17.8 Å². The van der Waals surface area contributed by atoms with Gasteiger partial charge in [-0.25, -0.2) is 13.6 Å². The minimum absolute atomic E-state index is 0.317. The van der Waals surface area contributed by atoms with Crippen LogP contribution in [0.25, 0.3) is 11.1 Å². The van der Waals surface area contributed by atoms with E-state index in [1.807, 2.05) is 30.3 Å². The summed E-state index contributed by atoms with van der Waals surface area (Å²) in [5, 5.41) is 11.6. The first-order valence-electron chi connectivity index (χ1n) is 9.04. The molecular weight excluding hydrogens is 382 g/mol. The zero-order valence-electron chi connectivity index (χ0n) is 15.5. The standard InChI is InChI=1S/C21H20F2N2O4/c22-12-21(23)10-17(20(28)29)25(13-21)18(26)11-24-19(27)16-8-6-15(7-9-16)14-4-2-1-3-5-14/h1-9,17H,10-13H2,(H,24,27)(H,28,29)/t17-,21-/m0/s1. The Hall–Kier alpha value is -3.29. The molecule has 0 radical (unpaired) electrons. The van der Waals surface area contributed by atoms with Crippen molar-refractivity contribution in [1.82, 2.24) is 10.2 Å². The summed E-state index contributed by atoms with van der Waals surface area (Å²) < 4.78 is 27.1. The Morgan fingerprint density at radius 2 is 1.69 bits per heavy atom. The molecule has 29 heavy (non-hydrogen) atoms. The van der Waals surface area contributed by atoms with Crippen molar-refractivity contribution in [3.8, 4) is 11.1 Å². The Morgan fingerprint density at radius 3 is 2.28 bits per heavy atom. The molecule has 1 heterocycles. The highest BCUT2D eigenvalue weighted by molar-refractivity contribution is 5.97. The number of nitrogens with one attached hydrogen (secondary N) is 1. The van der Waals surface area contributed by atoms with Crippen LogP contribution in [0.2, 0.25) is 0 Å². The lowest BCUT2D eigenvalue weighted by molar-refractivity contribution is -0.147. The van der Waals surface area contributed by atoms with E-state index in [2.05, 4.69) is 5.32 Å². The Labute approximate surface area is 166 Å². The molecule has 1 aliphatic rings. The van der Waals surface area contributed by atoms with Crippen molar-refractivity contribution in [2.75, 3.05) is 19.8 Å². The third-order valence-corrected chi connectivity index (χ3v) is 4.89. The van der Waals surface area contributed by atoms with E-state index in [1.54, 1.807) is 24.3 Å². The Bertz CT molecular complexity index is 905. The number of amides is 2. The average Bonchev–Trinajstić information content (AvgIpc) is 3.11. The minimum atomic E-state index is -2.38. The van der Waals surface area contributed by atoms with Crippen LogP contribution in [0.4, 0.5) is 8.78 Å². The van der Waals surface area contributed by atoms with Gasteiger partial charge >= 0.3 is 5.97 Å². The summed E-state index contributed by atoms with van der Waals surface area (Å²) in [5.74, 6) is -2.71. The van der Waals surface area contributed by atoms with Crippen LogP contribution in [0.5, 0.6) is 0 Å². The van der Waals surface area contributed by atoms with E-state index in [1.165, 1.54) is 0 Å². The second-order valence-electron chi connectivity index (χ2n) is 6.99. The zero-order chi connectivity index (χ0) is 21.0. The quantitative estimate of drug-likeness (QED) is 0.777.